The summed E-state index contributed by atoms with van der Waals surface area (Å²) in [5, 5.41) is 3.31. The van der Waals surface area contributed by atoms with E-state index in [0.29, 0.717) is 5.88 Å². The van der Waals surface area contributed by atoms with E-state index in [2.05, 4.69) is 24.1 Å². The van der Waals surface area contributed by atoms with Gasteiger partial charge in [-0.25, -0.2) is 4.98 Å². The van der Waals surface area contributed by atoms with Gasteiger partial charge in [0.25, 0.3) is 0 Å². The maximum absolute atomic E-state index is 5.45. The predicted molar refractivity (Wildman–Crippen MR) is 72.9 cm³/mol. The Balaban J connectivity index is 2.77. The van der Waals surface area contributed by atoms with Gasteiger partial charge in [-0.3, -0.25) is 0 Å². The fourth-order valence-corrected chi connectivity index (χ4v) is 1.89. The zero-order valence-corrected chi connectivity index (χ0v) is 12.0. The van der Waals surface area contributed by atoms with Gasteiger partial charge < -0.3 is 14.8 Å². The number of methoxy groups -OCH3 is 2. The summed E-state index contributed by atoms with van der Waals surface area (Å²) < 4.78 is 10.8. The second-order valence-electron chi connectivity index (χ2n) is 4.95. The lowest BCUT2D eigenvalue weighted by Gasteiger charge is -2.26. The van der Waals surface area contributed by atoms with Crippen LogP contribution in [0.5, 0.6) is 5.88 Å². The average molecular weight is 252 g/mol. The molecule has 4 heteroatoms. The lowest BCUT2D eigenvalue weighted by Crippen LogP contribution is -2.26. The zero-order valence-electron chi connectivity index (χ0n) is 12.0. The highest BCUT2D eigenvalue weighted by Gasteiger charge is 2.21. The van der Waals surface area contributed by atoms with Crippen LogP contribution >= 0.6 is 0 Å². The second kappa shape index (κ2) is 6.71. The topological polar surface area (TPSA) is 43.4 Å². The van der Waals surface area contributed by atoms with Gasteiger partial charge in [0.1, 0.15) is 0 Å². The molecule has 0 spiro atoms. The summed E-state index contributed by atoms with van der Waals surface area (Å²) >= 11 is 0. The van der Waals surface area contributed by atoms with Crippen LogP contribution in [-0.2, 0) is 4.74 Å². The van der Waals surface area contributed by atoms with E-state index in [1.54, 1.807) is 20.4 Å². The van der Waals surface area contributed by atoms with Crippen molar-refractivity contribution >= 4 is 0 Å². The normalized spacial score (nSPS) is 13.4. The summed E-state index contributed by atoms with van der Waals surface area (Å²) in [7, 11) is 5.35. The SMILES string of the molecule is CNC(CCC(C)(C)OC)c1cccnc1OC. The largest absolute Gasteiger partial charge is 0.481 e. The van der Waals surface area contributed by atoms with E-state index in [1.165, 1.54) is 0 Å². The first kappa shape index (κ1) is 14.9. The van der Waals surface area contributed by atoms with Gasteiger partial charge in [0.2, 0.25) is 5.88 Å². The third kappa shape index (κ3) is 3.96. The van der Waals surface area contributed by atoms with Crippen LogP contribution in [-0.4, -0.2) is 31.9 Å². The molecule has 0 saturated heterocycles. The summed E-state index contributed by atoms with van der Waals surface area (Å²) in [6.45, 7) is 4.19. The number of nitrogens with zero attached hydrogens (tertiary/aromatic N) is 1. The molecule has 0 radical (unpaired) electrons. The molecule has 0 fully saturated rings. The first-order valence-electron chi connectivity index (χ1n) is 6.25. The first-order valence-corrected chi connectivity index (χ1v) is 6.25. The fourth-order valence-electron chi connectivity index (χ4n) is 1.89. The molecule has 1 atom stereocenters. The standard InChI is InChI=1S/C14H24N2O2/c1-14(2,18-5)9-8-12(15-3)11-7-6-10-16-13(11)17-4/h6-7,10,12,15H,8-9H2,1-5H3. The van der Waals surface area contributed by atoms with Crippen molar-refractivity contribution in [3.8, 4) is 5.88 Å². The van der Waals surface area contributed by atoms with Crippen molar-refractivity contribution in [1.82, 2.24) is 10.3 Å². The van der Waals surface area contributed by atoms with Crippen LogP contribution in [0.15, 0.2) is 18.3 Å². The smallest absolute Gasteiger partial charge is 0.217 e. The molecule has 1 rings (SSSR count). The molecule has 0 saturated carbocycles. The molecule has 0 aliphatic heterocycles. The minimum Gasteiger partial charge on any atom is -0.481 e. The zero-order chi connectivity index (χ0) is 13.6. The van der Waals surface area contributed by atoms with E-state index in [9.17, 15) is 0 Å². The monoisotopic (exact) mass is 252 g/mol. The number of aromatic nitrogens is 1. The third-order valence-corrected chi connectivity index (χ3v) is 3.31. The number of nitrogens with one attached hydrogen (secondary N) is 1. The number of pyridine rings is 1. The Labute approximate surface area is 110 Å². The Morgan fingerprint density at radius 2 is 2.11 bits per heavy atom. The van der Waals surface area contributed by atoms with E-state index in [0.717, 1.165) is 18.4 Å². The maximum atomic E-state index is 5.45. The van der Waals surface area contributed by atoms with E-state index in [4.69, 9.17) is 9.47 Å². The van der Waals surface area contributed by atoms with Crippen molar-refractivity contribution in [3.05, 3.63) is 23.9 Å². The third-order valence-electron chi connectivity index (χ3n) is 3.31. The fraction of sp³-hybridized carbons (Fsp3) is 0.643. The van der Waals surface area contributed by atoms with Crippen LogP contribution in [0.1, 0.15) is 38.3 Å². The summed E-state index contributed by atoms with van der Waals surface area (Å²) in [4.78, 5) is 4.24. The van der Waals surface area contributed by atoms with Crippen LogP contribution in [0, 0.1) is 0 Å². The molecule has 1 unspecified atom stereocenters. The Hall–Kier alpha value is -1.13. The van der Waals surface area contributed by atoms with Gasteiger partial charge in [0.05, 0.1) is 12.7 Å². The van der Waals surface area contributed by atoms with Gasteiger partial charge >= 0.3 is 0 Å². The van der Waals surface area contributed by atoms with Gasteiger partial charge in [-0.15, -0.1) is 0 Å². The van der Waals surface area contributed by atoms with Crippen LogP contribution in [0.3, 0.4) is 0 Å². The highest BCUT2D eigenvalue weighted by molar-refractivity contribution is 5.28. The highest BCUT2D eigenvalue weighted by atomic mass is 16.5. The van der Waals surface area contributed by atoms with Crippen molar-refractivity contribution < 1.29 is 9.47 Å². The minimum atomic E-state index is -0.107. The molecule has 0 aromatic carbocycles. The Morgan fingerprint density at radius 1 is 1.39 bits per heavy atom. The van der Waals surface area contributed by atoms with Crippen molar-refractivity contribution in [2.75, 3.05) is 21.3 Å². The number of rotatable bonds is 7. The van der Waals surface area contributed by atoms with Crippen LogP contribution in [0.2, 0.25) is 0 Å². The van der Waals surface area contributed by atoms with Crippen molar-refractivity contribution in [1.29, 1.82) is 0 Å². The lowest BCUT2D eigenvalue weighted by atomic mass is 9.95. The molecule has 1 heterocycles. The lowest BCUT2D eigenvalue weighted by molar-refractivity contribution is 0.0118. The summed E-state index contributed by atoms with van der Waals surface area (Å²) in [5.74, 6) is 0.687. The number of ether oxygens (including phenoxy) is 2. The molecule has 4 nitrogen and oxygen atoms in total. The van der Waals surface area contributed by atoms with E-state index >= 15 is 0 Å². The molecule has 18 heavy (non-hydrogen) atoms. The van der Waals surface area contributed by atoms with E-state index in [-0.39, 0.29) is 11.6 Å². The molecule has 0 amide bonds. The molecule has 0 aliphatic rings. The number of hydrogen-bond donors (Lipinski definition) is 1. The predicted octanol–water partition coefficient (Wildman–Crippen LogP) is 2.56. The summed E-state index contributed by atoms with van der Waals surface area (Å²) in [6, 6.07) is 4.21. The van der Waals surface area contributed by atoms with Crippen LogP contribution in [0.4, 0.5) is 0 Å². The van der Waals surface area contributed by atoms with Crippen LogP contribution in [0.25, 0.3) is 0 Å². The van der Waals surface area contributed by atoms with Crippen molar-refractivity contribution in [2.24, 2.45) is 0 Å². The van der Waals surface area contributed by atoms with Gasteiger partial charge in [-0.05, 0) is 39.8 Å². The second-order valence-corrected chi connectivity index (χ2v) is 4.95. The molecule has 1 aromatic heterocycles. The van der Waals surface area contributed by atoms with Crippen molar-refractivity contribution in [3.63, 3.8) is 0 Å². The molecule has 1 N–H and O–H groups in total. The highest BCUT2D eigenvalue weighted by Crippen LogP contribution is 2.28. The molecular formula is C14H24N2O2. The van der Waals surface area contributed by atoms with Gasteiger partial charge in [0, 0.05) is 24.9 Å². The summed E-state index contributed by atoms with van der Waals surface area (Å²) in [6.07, 6.45) is 3.68. The number of hydrogen-bond acceptors (Lipinski definition) is 4. The quantitative estimate of drug-likeness (QED) is 0.810. The Bertz CT molecular complexity index is 367. The Kier molecular flexibility index (Phi) is 5.56. The maximum Gasteiger partial charge on any atom is 0.217 e. The molecule has 1 aromatic rings. The molecular weight excluding hydrogens is 228 g/mol. The van der Waals surface area contributed by atoms with Crippen molar-refractivity contribution in [2.45, 2.75) is 38.3 Å². The van der Waals surface area contributed by atoms with Crippen LogP contribution < -0.4 is 10.1 Å². The minimum absolute atomic E-state index is 0.107. The first-order chi connectivity index (χ1) is 8.54. The summed E-state index contributed by atoms with van der Waals surface area (Å²) in [5.41, 5.74) is 0.985. The van der Waals surface area contributed by atoms with E-state index < -0.39 is 0 Å². The average Bonchev–Trinajstić information content (AvgIpc) is 2.40. The van der Waals surface area contributed by atoms with E-state index in [1.807, 2.05) is 19.2 Å². The molecule has 0 bridgehead atoms. The molecule has 102 valence electrons. The Morgan fingerprint density at radius 3 is 2.67 bits per heavy atom. The van der Waals surface area contributed by atoms with Gasteiger partial charge in [-0.2, -0.15) is 0 Å². The molecule has 0 aliphatic carbocycles. The van der Waals surface area contributed by atoms with Gasteiger partial charge in [0.15, 0.2) is 0 Å². The van der Waals surface area contributed by atoms with Gasteiger partial charge in [-0.1, -0.05) is 6.07 Å².